The fourth-order valence-electron chi connectivity index (χ4n) is 1.52. The van der Waals surface area contributed by atoms with E-state index in [0.717, 1.165) is 26.4 Å². The zero-order chi connectivity index (χ0) is 9.57. The van der Waals surface area contributed by atoms with Crippen LogP contribution in [0.2, 0.25) is 12.6 Å². The van der Waals surface area contributed by atoms with Crippen molar-refractivity contribution >= 4 is 9.52 Å². The van der Waals surface area contributed by atoms with Crippen LogP contribution in [-0.2, 0) is 9.47 Å². The van der Waals surface area contributed by atoms with Crippen molar-refractivity contribution in [3.8, 4) is 0 Å². The molecule has 0 aromatic heterocycles. The van der Waals surface area contributed by atoms with E-state index in [1.54, 1.807) is 0 Å². The topological polar surface area (TPSA) is 18.5 Å². The average Bonchev–Trinajstić information content (AvgIpc) is 2.09. The summed E-state index contributed by atoms with van der Waals surface area (Å²) in [6.45, 7) is 8.27. The van der Waals surface area contributed by atoms with Gasteiger partial charge in [0, 0.05) is 21.5 Å². The van der Waals surface area contributed by atoms with Crippen LogP contribution in [0.3, 0.4) is 0 Å². The predicted molar refractivity (Wildman–Crippen MR) is 58.2 cm³/mol. The van der Waals surface area contributed by atoms with E-state index in [9.17, 15) is 0 Å². The molecule has 0 amide bonds. The Labute approximate surface area is 83.8 Å². The van der Waals surface area contributed by atoms with Crippen molar-refractivity contribution in [2.24, 2.45) is 5.41 Å². The lowest BCUT2D eigenvalue weighted by Gasteiger charge is -2.40. The molecule has 1 aliphatic heterocycles. The molecule has 0 radical (unpaired) electrons. The van der Waals surface area contributed by atoms with Gasteiger partial charge in [0.05, 0.1) is 19.8 Å². The Morgan fingerprint density at radius 1 is 1.46 bits per heavy atom. The van der Waals surface area contributed by atoms with Gasteiger partial charge >= 0.3 is 0 Å². The van der Waals surface area contributed by atoms with E-state index in [1.165, 1.54) is 18.9 Å². The van der Waals surface area contributed by atoms with E-state index in [0.29, 0.717) is 5.41 Å². The maximum Gasteiger partial charge on any atom is 0.0566 e. The molecule has 0 aliphatic carbocycles. The smallest absolute Gasteiger partial charge is 0.0566 e. The third kappa shape index (κ3) is 3.41. The first-order chi connectivity index (χ1) is 6.33. The minimum absolute atomic E-state index is 0.251. The molecule has 0 atom stereocenters. The van der Waals surface area contributed by atoms with E-state index in [-0.39, 0.29) is 9.52 Å². The number of ether oxygens (including phenoxy) is 2. The second kappa shape index (κ2) is 5.78. The van der Waals surface area contributed by atoms with Crippen LogP contribution in [0.1, 0.15) is 19.8 Å². The van der Waals surface area contributed by atoms with Crippen molar-refractivity contribution in [1.82, 2.24) is 0 Å². The highest BCUT2D eigenvalue weighted by atomic mass is 28.2. The van der Waals surface area contributed by atoms with Gasteiger partial charge in [-0.15, -0.1) is 0 Å². The highest BCUT2D eigenvalue weighted by Crippen LogP contribution is 2.31. The number of hydrogen-bond acceptors (Lipinski definition) is 2. The van der Waals surface area contributed by atoms with E-state index in [2.05, 4.69) is 13.5 Å². The Hall–Kier alpha value is 0.137. The molecule has 1 aliphatic rings. The third-order valence-electron chi connectivity index (χ3n) is 2.87. The molecular formula is C10H22O2Si. The summed E-state index contributed by atoms with van der Waals surface area (Å²) in [6, 6.07) is 1.43. The van der Waals surface area contributed by atoms with Crippen LogP contribution in [0.4, 0.5) is 0 Å². The molecule has 0 spiro atoms. The summed E-state index contributed by atoms with van der Waals surface area (Å²) < 4.78 is 10.9. The predicted octanol–water partition coefficient (Wildman–Crippen LogP) is 1.45. The Bertz CT molecular complexity index is 129. The summed E-state index contributed by atoms with van der Waals surface area (Å²) in [5, 5.41) is 0. The first-order valence-corrected chi connectivity index (χ1v) is 7.90. The lowest BCUT2D eigenvalue weighted by Crippen LogP contribution is -2.45. The SMILES string of the molecule is CCC1(COCCC[SiH2]C)COC1. The Kier molecular flexibility index (Phi) is 4.99. The van der Waals surface area contributed by atoms with Crippen molar-refractivity contribution in [2.75, 3.05) is 26.4 Å². The van der Waals surface area contributed by atoms with Gasteiger partial charge in [0.2, 0.25) is 0 Å². The van der Waals surface area contributed by atoms with Crippen LogP contribution < -0.4 is 0 Å². The van der Waals surface area contributed by atoms with Crippen LogP contribution in [0.25, 0.3) is 0 Å². The number of hydrogen-bond donors (Lipinski definition) is 0. The van der Waals surface area contributed by atoms with Crippen molar-refractivity contribution in [3.63, 3.8) is 0 Å². The van der Waals surface area contributed by atoms with Crippen LogP contribution in [-0.4, -0.2) is 35.9 Å². The highest BCUT2D eigenvalue weighted by Gasteiger charge is 2.36. The van der Waals surface area contributed by atoms with Crippen LogP contribution in [0.15, 0.2) is 0 Å². The second-order valence-corrected chi connectivity index (χ2v) is 5.81. The van der Waals surface area contributed by atoms with Crippen molar-refractivity contribution in [1.29, 1.82) is 0 Å². The van der Waals surface area contributed by atoms with E-state index >= 15 is 0 Å². The Balaban J connectivity index is 1.98. The van der Waals surface area contributed by atoms with Gasteiger partial charge in [0.25, 0.3) is 0 Å². The molecule has 78 valence electrons. The first-order valence-electron chi connectivity index (χ1n) is 5.48. The molecule has 0 aromatic rings. The summed E-state index contributed by atoms with van der Waals surface area (Å²) in [4.78, 5) is 0. The molecule has 1 saturated heterocycles. The van der Waals surface area contributed by atoms with Gasteiger partial charge in [-0.05, 0) is 12.8 Å². The molecule has 2 nitrogen and oxygen atoms in total. The zero-order valence-electron chi connectivity index (χ0n) is 8.97. The summed E-state index contributed by atoms with van der Waals surface area (Å²) >= 11 is 0. The fraction of sp³-hybridized carbons (Fsp3) is 1.00. The summed E-state index contributed by atoms with van der Waals surface area (Å²) in [7, 11) is 0.251. The Morgan fingerprint density at radius 3 is 2.69 bits per heavy atom. The summed E-state index contributed by atoms with van der Waals surface area (Å²) in [5.41, 5.74) is 0.379. The van der Waals surface area contributed by atoms with Crippen molar-refractivity contribution in [3.05, 3.63) is 0 Å². The molecule has 0 saturated carbocycles. The molecule has 0 aromatic carbocycles. The zero-order valence-corrected chi connectivity index (χ0v) is 10.4. The summed E-state index contributed by atoms with van der Waals surface area (Å²) in [5.74, 6) is 0. The minimum atomic E-state index is 0.251. The molecule has 1 rings (SSSR count). The lowest BCUT2D eigenvalue weighted by atomic mass is 9.84. The molecular weight excluding hydrogens is 180 g/mol. The van der Waals surface area contributed by atoms with Crippen LogP contribution in [0, 0.1) is 5.41 Å². The lowest BCUT2D eigenvalue weighted by molar-refractivity contribution is -0.150. The first kappa shape index (κ1) is 11.2. The van der Waals surface area contributed by atoms with Gasteiger partial charge < -0.3 is 9.47 Å². The maximum absolute atomic E-state index is 5.68. The second-order valence-electron chi connectivity index (χ2n) is 4.11. The highest BCUT2D eigenvalue weighted by molar-refractivity contribution is 6.33. The van der Waals surface area contributed by atoms with Gasteiger partial charge in [0.1, 0.15) is 0 Å². The van der Waals surface area contributed by atoms with Crippen LogP contribution >= 0.6 is 0 Å². The molecule has 1 heterocycles. The largest absolute Gasteiger partial charge is 0.381 e. The average molecular weight is 202 g/mol. The normalized spacial score (nSPS) is 20.8. The quantitative estimate of drug-likeness (QED) is 0.459. The summed E-state index contributed by atoms with van der Waals surface area (Å²) in [6.07, 6.45) is 2.46. The van der Waals surface area contributed by atoms with Crippen molar-refractivity contribution < 1.29 is 9.47 Å². The third-order valence-corrected chi connectivity index (χ3v) is 4.07. The Morgan fingerprint density at radius 2 is 2.23 bits per heavy atom. The fourth-order valence-corrected chi connectivity index (χ4v) is 2.23. The monoisotopic (exact) mass is 202 g/mol. The number of rotatable bonds is 7. The standard InChI is InChI=1S/C10H22O2Si/c1-3-10(8-12-9-10)7-11-5-4-6-13-2/h3-9,13H2,1-2H3. The van der Waals surface area contributed by atoms with Crippen molar-refractivity contribution in [2.45, 2.75) is 32.4 Å². The van der Waals surface area contributed by atoms with E-state index in [1.807, 2.05) is 0 Å². The molecule has 13 heavy (non-hydrogen) atoms. The molecule has 1 fully saturated rings. The van der Waals surface area contributed by atoms with E-state index in [4.69, 9.17) is 9.47 Å². The van der Waals surface area contributed by atoms with Gasteiger partial charge in [0.15, 0.2) is 0 Å². The van der Waals surface area contributed by atoms with E-state index < -0.39 is 0 Å². The van der Waals surface area contributed by atoms with Gasteiger partial charge in [-0.3, -0.25) is 0 Å². The van der Waals surface area contributed by atoms with Gasteiger partial charge in [-0.2, -0.15) is 0 Å². The molecule has 3 heteroatoms. The van der Waals surface area contributed by atoms with Crippen LogP contribution in [0.5, 0.6) is 0 Å². The molecule has 0 N–H and O–H groups in total. The van der Waals surface area contributed by atoms with Gasteiger partial charge in [-0.25, -0.2) is 0 Å². The minimum Gasteiger partial charge on any atom is -0.381 e. The molecule has 0 unspecified atom stereocenters. The molecule has 0 bridgehead atoms. The maximum atomic E-state index is 5.68. The van der Waals surface area contributed by atoms with Gasteiger partial charge in [-0.1, -0.05) is 19.5 Å².